The summed E-state index contributed by atoms with van der Waals surface area (Å²) >= 11 is 0. The maximum atomic E-state index is 13.9. The summed E-state index contributed by atoms with van der Waals surface area (Å²) in [4.78, 5) is 36.5. The molecule has 3 aliphatic rings. The second kappa shape index (κ2) is 12.3. The Hall–Kier alpha value is -3.91. The first-order valence-corrected chi connectivity index (χ1v) is 14.9. The Morgan fingerprint density at radius 2 is 1.61 bits per heavy atom. The van der Waals surface area contributed by atoms with Crippen molar-refractivity contribution in [3.05, 3.63) is 89.6 Å². The summed E-state index contributed by atoms with van der Waals surface area (Å²) in [5, 5.41) is 0. The van der Waals surface area contributed by atoms with Gasteiger partial charge in [0.15, 0.2) is 0 Å². The summed E-state index contributed by atoms with van der Waals surface area (Å²) in [6, 6.07) is 22.2. The number of hydrogen-bond acceptors (Lipinski definition) is 5. The third-order valence-electron chi connectivity index (χ3n) is 8.89. The van der Waals surface area contributed by atoms with Crippen LogP contribution in [0.3, 0.4) is 0 Å². The number of nitrogens with two attached hydrogens (primary N) is 1. The van der Waals surface area contributed by atoms with Crippen molar-refractivity contribution in [1.29, 1.82) is 0 Å². The van der Waals surface area contributed by atoms with Gasteiger partial charge in [-0.1, -0.05) is 55.7 Å². The summed E-state index contributed by atoms with van der Waals surface area (Å²) in [7, 11) is 0. The Bertz CT molecular complexity index is 1320. The molecule has 8 heteroatoms. The zero-order chi connectivity index (χ0) is 28.2. The van der Waals surface area contributed by atoms with Crippen LogP contribution in [0.25, 0.3) is 0 Å². The molecule has 1 aromatic heterocycles. The predicted molar refractivity (Wildman–Crippen MR) is 158 cm³/mol. The van der Waals surface area contributed by atoms with Crippen molar-refractivity contribution >= 4 is 11.9 Å². The van der Waals surface area contributed by atoms with Gasteiger partial charge in [0.05, 0.1) is 6.04 Å². The predicted octanol–water partition coefficient (Wildman–Crippen LogP) is 5.75. The molecule has 0 unspecified atom stereocenters. The van der Waals surface area contributed by atoms with Gasteiger partial charge >= 0.3 is 6.03 Å². The average molecular weight is 554 g/mol. The fraction of sp³-hybridized carbons (Fsp3) is 0.424. The Kier molecular flexibility index (Phi) is 8.19. The van der Waals surface area contributed by atoms with Crippen molar-refractivity contribution in [2.45, 2.75) is 69.6 Å². The molecule has 0 bridgehead atoms. The molecule has 8 nitrogen and oxygen atoms in total. The Morgan fingerprint density at radius 1 is 0.878 bits per heavy atom. The number of carbonyl (C=O) groups is 2. The number of piperidine rings is 1. The van der Waals surface area contributed by atoms with E-state index in [1.807, 2.05) is 18.3 Å². The number of amides is 3. The molecule has 0 spiro atoms. The molecule has 1 atom stereocenters. The third kappa shape index (κ3) is 6.22. The first-order valence-electron chi connectivity index (χ1n) is 14.9. The highest BCUT2D eigenvalue weighted by Crippen LogP contribution is 2.38. The lowest BCUT2D eigenvalue weighted by atomic mass is 9.94. The molecule has 214 valence electrons. The molecule has 3 heterocycles. The van der Waals surface area contributed by atoms with Gasteiger partial charge < -0.3 is 20.3 Å². The third-order valence-corrected chi connectivity index (χ3v) is 8.89. The Morgan fingerprint density at radius 3 is 2.27 bits per heavy atom. The lowest BCUT2D eigenvalue weighted by Gasteiger charge is -2.39. The van der Waals surface area contributed by atoms with Gasteiger partial charge in [0.25, 0.3) is 0 Å². The highest BCUT2D eigenvalue weighted by Gasteiger charge is 2.45. The van der Waals surface area contributed by atoms with Crippen molar-refractivity contribution in [1.82, 2.24) is 19.7 Å². The SMILES string of the molecule is NC(=O)c1ccc(Oc2ccc(CN3CCC(N4C(=O)N(C5CCCCC5)C[C@H]4c4ccccc4)CC3)cn2)cc1. The van der Waals surface area contributed by atoms with Gasteiger partial charge in [0.2, 0.25) is 11.8 Å². The van der Waals surface area contributed by atoms with Crippen molar-refractivity contribution < 1.29 is 14.3 Å². The molecule has 2 aromatic carbocycles. The number of rotatable bonds is 8. The quantitative estimate of drug-likeness (QED) is 0.384. The second-order valence-corrected chi connectivity index (χ2v) is 11.6. The molecule has 3 fully saturated rings. The van der Waals surface area contributed by atoms with Crippen LogP contribution in [0, 0.1) is 0 Å². The molecule has 2 N–H and O–H groups in total. The lowest BCUT2D eigenvalue weighted by molar-refractivity contribution is 0.1000. The minimum Gasteiger partial charge on any atom is -0.439 e. The Labute approximate surface area is 242 Å². The number of likely N-dealkylation sites (tertiary alicyclic amines) is 1. The van der Waals surface area contributed by atoms with Gasteiger partial charge in [-0.25, -0.2) is 9.78 Å². The Balaban J connectivity index is 1.06. The molecule has 1 aliphatic carbocycles. The number of pyridine rings is 1. The van der Waals surface area contributed by atoms with Crippen LogP contribution in [-0.2, 0) is 6.54 Å². The van der Waals surface area contributed by atoms with Crippen LogP contribution < -0.4 is 10.5 Å². The smallest absolute Gasteiger partial charge is 0.321 e. The van der Waals surface area contributed by atoms with Gasteiger partial charge in [-0.2, -0.15) is 0 Å². The topological polar surface area (TPSA) is 92.0 Å². The fourth-order valence-corrected chi connectivity index (χ4v) is 6.67. The summed E-state index contributed by atoms with van der Waals surface area (Å²) in [6.07, 6.45) is 9.84. The van der Waals surface area contributed by atoms with Crippen LogP contribution in [0.2, 0.25) is 0 Å². The number of carbonyl (C=O) groups excluding carboxylic acids is 2. The number of urea groups is 1. The lowest BCUT2D eigenvalue weighted by Crippen LogP contribution is -2.48. The second-order valence-electron chi connectivity index (χ2n) is 11.6. The van der Waals surface area contributed by atoms with Crippen molar-refractivity contribution in [2.75, 3.05) is 19.6 Å². The molecule has 0 radical (unpaired) electrons. The number of benzene rings is 2. The van der Waals surface area contributed by atoms with E-state index >= 15 is 0 Å². The highest BCUT2D eigenvalue weighted by atomic mass is 16.5. The van der Waals surface area contributed by atoms with E-state index < -0.39 is 5.91 Å². The van der Waals surface area contributed by atoms with Crippen molar-refractivity contribution in [3.63, 3.8) is 0 Å². The molecule has 2 saturated heterocycles. The standard InChI is InChI=1S/C33H39N5O3/c34-32(39)26-12-14-29(15-13-26)41-31-16-11-24(21-35-31)22-36-19-17-28(18-20-36)38-30(25-7-3-1-4-8-25)23-37(33(38)40)27-9-5-2-6-10-27/h1,3-4,7-8,11-16,21,27-28,30H,2,5-6,9-10,17-20,22-23H2,(H2,34,39)/t30-/m0/s1. The molecular formula is C33H39N5O3. The normalized spacial score (nSPS) is 20.9. The van der Waals surface area contributed by atoms with Gasteiger partial charge in [0, 0.05) is 56.1 Å². The van der Waals surface area contributed by atoms with Crippen molar-refractivity contribution in [3.8, 4) is 11.6 Å². The number of aromatic nitrogens is 1. The zero-order valence-electron chi connectivity index (χ0n) is 23.5. The fourth-order valence-electron chi connectivity index (χ4n) is 6.67. The molecule has 6 rings (SSSR count). The minimum atomic E-state index is -0.465. The van der Waals surface area contributed by atoms with Crippen LogP contribution in [-0.4, -0.2) is 63.3 Å². The monoisotopic (exact) mass is 553 g/mol. The summed E-state index contributed by atoms with van der Waals surface area (Å²) in [5.74, 6) is 0.637. The summed E-state index contributed by atoms with van der Waals surface area (Å²) < 4.78 is 5.82. The van der Waals surface area contributed by atoms with Gasteiger partial charge in [-0.15, -0.1) is 0 Å². The van der Waals surface area contributed by atoms with E-state index in [9.17, 15) is 9.59 Å². The number of ether oxygens (including phenoxy) is 1. The molecule has 3 amide bonds. The number of nitrogens with zero attached hydrogens (tertiary/aromatic N) is 4. The van der Waals surface area contributed by atoms with E-state index in [0.29, 0.717) is 23.2 Å². The van der Waals surface area contributed by atoms with E-state index in [1.165, 1.54) is 24.8 Å². The van der Waals surface area contributed by atoms with Crippen molar-refractivity contribution in [2.24, 2.45) is 5.73 Å². The van der Waals surface area contributed by atoms with E-state index in [4.69, 9.17) is 10.5 Å². The maximum absolute atomic E-state index is 13.9. The maximum Gasteiger partial charge on any atom is 0.321 e. The van der Waals surface area contributed by atoms with Crippen LogP contribution in [0.4, 0.5) is 4.79 Å². The number of hydrogen-bond donors (Lipinski definition) is 1. The first-order chi connectivity index (χ1) is 20.0. The highest BCUT2D eigenvalue weighted by molar-refractivity contribution is 5.92. The van der Waals surface area contributed by atoms with Crippen LogP contribution in [0.15, 0.2) is 72.9 Å². The van der Waals surface area contributed by atoms with Crippen LogP contribution in [0.1, 0.15) is 72.5 Å². The zero-order valence-corrected chi connectivity index (χ0v) is 23.5. The van der Waals surface area contributed by atoms with Gasteiger partial charge in [-0.3, -0.25) is 9.69 Å². The molecule has 3 aromatic rings. The molecule has 1 saturated carbocycles. The van der Waals surface area contributed by atoms with E-state index in [0.717, 1.165) is 57.4 Å². The van der Waals surface area contributed by atoms with Gasteiger partial charge in [-0.05, 0) is 61.1 Å². The summed E-state index contributed by atoms with van der Waals surface area (Å²) in [5.41, 5.74) is 8.12. The molecule has 2 aliphatic heterocycles. The van der Waals surface area contributed by atoms with Crippen LogP contribution >= 0.6 is 0 Å². The van der Waals surface area contributed by atoms with E-state index in [-0.39, 0.29) is 18.1 Å². The largest absolute Gasteiger partial charge is 0.439 e. The van der Waals surface area contributed by atoms with Crippen LogP contribution in [0.5, 0.6) is 11.6 Å². The molecule has 41 heavy (non-hydrogen) atoms. The average Bonchev–Trinajstić information content (AvgIpc) is 3.36. The van der Waals surface area contributed by atoms with E-state index in [1.54, 1.807) is 24.3 Å². The summed E-state index contributed by atoms with van der Waals surface area (Å²) in [6.45, 7) is 3.52. The molecular weight excluding hydrogens is 514 g/mol. The van der Waals surface area contributed by atoms with Gasteiger partial charge in [0.1, 0.15) is 5.75 Å². The van der Waals surface area contributed by atoms with E-state index in [2.05, 4.69) is 50.0 Å². The minimum absolute atomic E-state index is 0.130. The first kappa shape index (κ1) is 27.3. The number of primary amides is 1.